The van der Waals surface area contributed by atoms with Crippen LogP contribution in [0.3, 0.4) is 0 Å². The van der Waals surface area contributed by atoms with Crippen molar-refractivity contribution in [3.63, 3.8) is 0 Å². The van der Waals surface area contributed by atoms with Gasteiger partial charge in [-0.25, -0.2) is 0 Å². The number of halogens is 1. The lowest BCUT2D eigenvalue weighted by molar-refractivity contribution is 0.0739. The van der Waals surface area contributed by atoms with Gasteiger partial charge in [-0.3, -0.25) is 9.78 Å². The zero-order valence-corrected chi connectivity index (χ0v) is 11.9. The summed E-state index contributed by atoms with van der Waals surface area (Å²) in [5, 5.41) is 16.4. The number of amides is 1. The minimum Gasteiger partial charge on any atom is -0.332 e. The first-order valence-corrected chi connectivity index (χ1v) is 6.63. The summed E-state index contributed by atoms with van der Waals surface area (Å²) in [5.41, 5.74) is 1.08. The van der Waals surface area contributed by atoms with E-state index in [9.17, 15) is 4.79 Å². The van der Waals surface area contributed by atoms with Gasteiger partial charge in [-0.15, -0.1) is 10.2 Å². The van der Waals surface area contributed by atoms with Crippen molar-refractivity contribution in [3.8, 4) is 6.07 Å². The van der Waals surface area contributed by atoms with Crippen LogP contribution in [0.15, 0.2) is 36.7 Å². The van der Waals surface area contributed by atoms with Crippen molar-refractivity contribution in [1.29, 1.82) is 5.26 Å². The maximum Gasteiger partial charge on any atom is 0.274 e. The Morgan fingerprint density at radius 1 is 1.33 bits per heavy atom. The van der Waals surface area contributed by atoms with Crippen LogP contribution in [0, 0.1) is 11.3 Å². The molecule has 0 aliphatic carbocycles. The summed E-state index contributed by atoms with van der Waals surface area (Å²) >= 11 is 5.66. The molecule has 21 heavy (non-hydrogen) atoms. The first-order valence-electron chi connectivity index (χ1n) is 6.25. The Labute approximate surface area is 127 Å². The third-order valence-corrected chi connectivity index (χ3v) is 2.93. The smallest absolute Gasteiger partial charge is 0.274 e. The number of aromatic nitrogens is 3. The number of hydrogen-bond donors (Lipinski definition) is 0. The van der Waals surface area contributed by atoms with Gasteiger partial charge in [0.05, 0.1) is 12.5 Å². The van der Waals surface area contributed by atoms with Crippen LogP contribution in [0.4, 0.5) is 0 Å². The Balaban J connectivity index is 2.17. The Bertz CT molecular complexity index is 639. The molecule has 0 N–H and O–H groups in total. The molecule has 1 amide bonds. The van der Waals surface area contributed by atoms with E-state index in [4.69, 9.17) is 16.9 Å². The fourth-order valence-electron chi connectivity index (χ4n) is 1.74. The van der Waals surface area contributed by atoms with Crippen LogP contribution < -0.4 is 0 Å². The molecule has 2 aromatic heterocycles. The molecule has 7 heteroatoms. The molecule has 0 unspecified atom stereocenters. The Morgan fingerprint density at radius 3 is 2.81 bits per heavy atom. The molecule has 0 fully saturated rings. The zero-order chi connectivity index (χ0) is 15.1. The number of rotatable bonds is 5. The molecule has 0 saturated carbocycles. The first kappa shape index (κ1) is 14.9. The Morgan fingerprint density at radius 2 is 2.19 bits per heavy atom. The van der Waals surface area contributed by atoms with E-state index < -0.39 is 0 Å². The molecule has 2 aromatic rings. The van der Waals surface area contributed by atoms with Crippen molar-refractivity contribution in [2.24, 2.45) is 0 Å². The SMILES string of the molecule is N#CCCN(Cc1cccnc1)C(=O)c1ccc(Cl)nn1. The largest absolute Gasteiger partial charge is 0.332 e. The summed E-state index contributed by atoms with van der Waals surface area (Å²) in [7, 11) is 0. The van der Waals surface area contributed by atoms with Gasteiger partial charge in [0.1, 0.15) is 0 Å². The van der Waals surface area contributed by atoms with Crippen molar-refractivity contribution in [3.05, 3.63) is 53.1 Å². The van der Waals surface area contributed by atoms with Crippen LogP contribution in [0.5, 0.6) is 0 Å². The maximum absolute atomic E-state index is 12.4. The van der Waals surface area contributed by atoms with Crippen LogP contribution in [0.2, 0.25) is 5.15 Å². The standard InChI is InChI=1S/C14H12ClN5O/c15-13-5-4-12(18-19-13)14(21)20(8-2-6-16)10-11-3-1-7-17-9-11/h1,3-5,7,9H,2,8,10H2. The first-order chi connectivity index (χ1) is 10.2. The van der Waals surface area contributed by atoms with Crippen molar-refractivity contribution in [2.75, 3.05) is 6.54 Å². The normalized spacial score (nSPS) is 9.90. The molecule has 0 aliphatic rings. The summed E-state index contributed by atoms with van der Waals surface area (Å²) in [6, 6.07) is 8.72. The zero-order valence-electron chi connectivity index (χ0n) is 11.1. The van der Waals surface area contributed by atoms with Crippen molar-refractivity contribution in [1.82, 2.24) is 20.1 Å². The highest BCUT2D eigenvalue weighted by atomic mass is 35.5. The van der Waals surface area contributed by atoms with Gasteiger partial charge >= 0.3 is 0 Å². The quantitative estimate of drug-likeness (QED) is 0.844. The fraction of sp³-hybridized carbons (Fsp3) is 0.214. The summed E-state index contributed by atoms with van der Waals surface area (Å²) in [6.45, 7) is 0.674. The van der Waals surface area contributed by atoms with Crippen LogP contribution in [-0.2, 0) is 6.54 Å². The van der Waals surface area contributed by atoms with E-state index in [0.717, 1.165) is 5.56 Å². The van der Waals surface area contributed by atoms with Gasteiger partial charge in [0.15, 0.2) is 10.8 Å². The lowest BCUT2D eigenvalue weighted by Gasteiger charge is -2.20. The van der Waals surface area contributed by atoms with Gasteiger partial charge in [0, 0.05) is 25.5 Å². The highest BCUT2D eigenvalue weighted by Gasteiger charge is 2.17. The lowest BCUT2D eigenvalue weighted by Crippen LogP contribution is -2.32. The minimum atomic E-state index is -0.293. The van der Waals surface area contributed by atoms with E-state index >= 15 is 0 Å². The number of carbonyl (C=O) groups is 1. The monoisotopic (exact) mass is 301 g/mol. The molecule has 106 valence electrons. The minimum absolute atomic E-state index is 0.196. The Hall–Kier alpha value is -2.52. The van der Waals surface area contributed by atoms with Gasteiger partial charge < -0.3 is 4.90 Å². The summed E-state index contributed by atoms with van der Waals surface area (Å²) < 4.78 is 0. The number of nitrogens with zero attached hydrogens (tertiary/aromatic N) is 5. The van der Waals surface area contributed by atoms with Gasteiger partial charge in [0.2, 0.25) is 0 Å². The molecule has 0 spiro atoms. The second-order valence-electron chi connectivity index (χ2n) is 4.24. The second-order valence-corrected chi connectivity index (χ2v) is 4.62. The summed E-state index contributed by atoms with van der Waals surface area (Å²) in [5.74, 6) is -0.293. The summed E-state index contributed by atoms with van der Waals surface area (Å²) in [6.07, 6.45) is 3.59. The van der Waals surface area contributed by atoms with Crippen LogP contribution in [0.1, 0.15) is 22.5 Å². The predicted molar refractivity (Wildman–Crippen MR) is 76.2 cm³/mol. The van der Waals surface area contributed by atoms with E-state index in [1.165, 1.54) is 17.0 Å². The van der Waals surface area contributed by atoms with Gasteiger partial charge in [-0.1, -0.05) is 17.7 Å². The molecule has 0 saturated heterocycles. The number of nitriles is 1. The van der Waals surface area contributed by atoms with E-state index in [2.05, 4.69) is 15.2 Å². The molecule has 6 nitrogen and oxygen atoms in total. The average molecular weight is 302 g/mol. The van der Waals surface area contributed by atoms with Crippen LogP contribution in [-0.4, -0.2) is 32.5 Å². The summed E-state index contributed by atoms with van der Waals surface area (Å²) in [4.78, 5) is 18.0. The van der Waals surface area contributed by atoms with Crippen molar-refractivity contribution >= 4 is 17.5 Å². The van der Waals surface area contributed by atoms with Gasteiger partial charge in [-0.2, -0.15) is 5.26 Å². The third-order valence-electron chi connectivity index (χ3n) is 2.73. The Kier molecular flexibility index (Phi) is 5.18. The van der Waals surface area contributed by atoms with Gasteiger partial charge in [0.25, 0.3) is 5.91 Å². The predicted octanol–water partition coefficient (Wildman–Crippen LogP) is 2.08. The van der Waals surface area contributed by atoms with Crippen LogP contribution >= 0.6 is 11.6 Å². The maximum atomic E-state index is 12.4. The number of pyridine rings is 1. The lowest BCUT2D eigenvalue weighted by atomic mass is 10.2. The molecule has 0 atom stereocenters. The van der Waals surface area contributed by atoms with Crippen molar-refractivity contribution in [2.45, 2.75) is 13.0 Å². The van der Waals surface area contributed by atoms with E-state index in [1.54, 1.807) is 18.5 Å². The number of carbonyl (C=O) groups excluding carboxylic acids is 1. The molecule has 0 radical (unpaired) electrons. The molecular weight excluding hydrogens is 290 g/mol. The van der Waals surface area contributed by atoms with Gasteiger partial charge in [-0.05, 0) is 23.8 Å². The molecule has 0 aliphatic heterocycles. The van der Waals surface area contributed by atoms with E-state index in [-0.39, 0.29) is 23.2 Å². The molecule has 2 heterocycles. The second kappa shape index (κ2) is 7.31. The van der Waals surface area contributed by atoms with Crippen molar-refractivity contribution < 1.29 is 4.79 Å². The topological polar surface area (TPSA) is 82.8 Å². The molecule has 0 bridgehead atoms. The van der Waals surface area contributed by atoms with E-state index in [0.29, 0.717) is 13.1 Å². The highest BCUT2D eigenvalue weighted by Crippen LogP contribution is 2.10. The van der Waals surface area contributed by atoms with Crippen LogP contribution in [0.25, 0.3) is 0 Å². The molecule has 0 aromatic carbocycles. The highest BCUT2D eigenvalue weighted by molar-refractivity contribution is 6.29. The number of hydrogen-bond acceptors (Lipinski definition) is 5. The fourth-order valence-corrected chi connectivity index (χ4v) is 1.84. The third kappa shape index (κ3) is 4.23. The van der Waals surface area contributed by atoms with E-state index in [1.807, 2.05) is 12.1 Å². The average Bonchev–Trinajstić information content (AvgIpc) is 2.52. The molecular formula is C14H12ClN5O. The molecule has 2 rings (SSSR count).